The van der Waals surface area contributed by atoms with Crippen LogP contribution >= 0.6 is 0 Å². The Bertz CT molecular complexity index is 475. The standard InChI is InChI=1S/C14H18N2O2/c1-14(2,3)13(17)18-9-8-16-10-15-11-6-4-5-7-12(11)16/h4-7,10H,8-9H2,1-3H3/p+1. The van der Waals surface area contributed by atoms with Crippen molar-refractivity contribution in [2.24, 2.45) is 10.4 Å². The molecular formula is C14H19N2O2+. The summed E-state index contributed by atoms with van der Waals surface area (Å²) in [5.74, 6) is -0.161. The summed E-state index contributed by atoms with van der Waals surface area (Å²) < 4.78 is 5.26. The van der Waals surface area contributed by atoms with Crippen LogP contribution in [-0.2, 0) is 9.53 Å². The van der Waals surface area contributed by atoms with E-state index < -0.39 is 5.41 Å². The lowest BCUT2D eigenvalue weighted by Crippen LogP contribution is -3.05. The van der Waals surface area contributed by atoms with Gasteiger partial charge in [-0.3, -0.25) is 9.69 Å². The maximum Gasteiger partial charge on any atom is 0.311 e. The molecule has 1 heterocycles. The summed E-state index contributed by atoms with van der Waals surface area (Å²) in [7, 11) is 0. The minimum atomic E-state index is -0.438. The summed E-state index contributed by atoms with van der Waals surface area (Å²) in [6, 6.07) is 8.00. The molecule has 4 nitrogen and oxygen atoms in total. The number of carbonyl (C=O) groups excluding carboxylic acids is 1. The van der Waals surface area contributed by atoms with Crippen molar-refractivity contribution in [3.05, 3.63) is 24.3 Å². The van der Waals surface area contributed by atoms with Crippen molar-refractivity contribution >= 4 is 23.7 Å². The molecule has 0 amide bonds. The Morgan fingerprint density at radius 1 is 1.33 bits per heavy atom. The highest BCUT2D eigenvalue weighted by Crippen LogP contribution is 2.22. The summed E-state index contributed by atoms with van der Waals surface area (Å²) in [5.41, 5.74) is 1.70. The lowest BCUT2D eigenvalue weighted by Gasteiger charge is -2.17. The first-order chi connectivity index (χ1) is 8.48. The van der Waals surface area contributed by atoms with Gasteiger partial charge in [0, 0.05) is 6.07 Å². The normalized spacial score (nSPS) is 17.6. The van der Waals surface area contributed by atoms with Crippen molar-refractivity contribution in [2.45, 2.75) is 20.8 Å². The van der Waals surface area contributed by atoms with Crippen LogP contribution in [0, 0.1) is 5.41 Å². The molecule has 18 heavy (non-hydrogen) atoms. The highest BCUT2D eigenvalue weighted by atomic mass is 16.5. The number of fused-ring (bicyclic) bond motifs is 1. The van der Waals surface area contributed by atoms with E-state index in [1.54, 1.807) is 0 Å². The average molecular weight is 247 g/mol. The number of nitrogens with one attached hydrogen (secondary N) is 1. The van der Waals surface area contributed by atoms with Gasteiger partial charge in [-0.1, -0.05) is 12.1 Å². The van der Waals surface area contributed by atoms with Crippen LogP contribution in [0.1, 0.15) is 20.8 Å². The van der Waals surface area contributed by atoms with Crippen molar-refractivity contribution in [1.82, 2.24) is 0 Å². The Morgan fingerprint density at radius 3 is 2.78 bits per heavy atom. The van der Waals surface area contributed by atoms with Crippen LogP contribution in [0.3, 0.4) is 0 Å². The summed E-state index contributed by atoms with van der Waals surface area (Å²) in [6.07, 6.45) is 1.86. The van der Waals surface area contributed by atoms with Gasteiger partial charge in [0.1, 0.15) is 18.8 Å². The van der Waals surface area contributed by atoms with E-state index in [1.807, 2.05) is 51.4 Å². The molecular weight excluding hydrogens is 228 g/mol. The highest BCUT2D eigenvalue weighted by Gasteiger charge is 2.25. The van der Waals surface area contributed by atoms with Crippen LogP contribution in [-0.4, -0.2) is 25.5 Å². The van der Waals surface area contributed by atoms with E-state index >= 15 is 0 Å². The third kappa shape index (κ3) is 2.76. The second-order valence-electron chi connectivity index (χ2n) is 5.44. The molecule has 0 saturated heterocycles. The molecule has 0 spiro atoms. The number of nitrogens with zero attached hydrogens (tertiary/aromatic N) is 1. The minimum absolute atomic E-state index is 0.161. The first kappa shape index (κ1) is 12.8. The average Bonchev–Trinajstić information content (AvgIpc) is 2.71. The monoisotopic (exact) mass is 247 g/mol. The summed E-state index contributed by atoms with van der Waals surface area (Å²) in [6.45, 7) is 6.69. The Hall–Kier alpha value is -1.68. The molecule has 1 aliphatic heterocycles. The number of carbonyl (C=O) groups is 1. The largest absolute Gasteiger partial charge is 0.459 e. The van der Waals surface area contributed by atoms with Gasteiger partial charge in [-0.25, -0.2) is 0 Å². The zero-order valence-corrected chi connectivity index (χ0v) is 11.1. The van der Waals surface area contributed by atoms with Crippen molar-refractivity contribution in [2.75, 3.05) is 13.2 Å². The van der Waals surface area contributed by atoms with Gasteiger partial charge in [0.25, 0.3) is 0 Å². The van der Waals surface area contributed by atoms with Gasteiger partial charge in [-0.05, 0) is 26.8 Å². The number of ether oxygens (including phenoxy) is 1. The molecule has 0 aromatic heterocycles. The van der Waals surface area contributed by atoms with E-state index in [0.29, 0.717) is 13.2 Å². The molecule has 2 rings (SSSR count). The SMILES string of the molecule is CC(C)(C)C(=O)OCC[NH+]1C=Nc2ccccc21. The maximum absolute atomic E-state index is 11.6. The second-order valence-corrected chi connectivity index (χ2v) is 5.44. The van der Waals surface area contributed by atoms with E-state index in [4.69, 9.17) is 4.74 Å². The molecule has 1 atom stereocenters. The van der Waals surface area contributed by atoms with Crippen LogP contribution in [0.2, 0.25) is 0 Å². The van der Waals surface area contributed by atoms with E-state index in [9.17, 15) is 4.79 Å². The molecule has 0 fully saturated rings. The molecule has 0 saturated carbocycles. The first-order valence-corrected chi connectivity index (χ1v) is 6.15. The van der Waals surface area contributed by atoms with Gasteiger partial charge in [0.15, 0.2) is 12.0 Å². The molecule has 1 N–H and O–H groups in total. The van der Waals surface area contributed by atoms with Crippen molar-refractivity contribution < 1.29 is 14.4 Å². The topological polar surface area (TPSA) is 43.1 Å². The van der Waals surface area contributed by atoms with Gasteiger partial charge in [-0.15, -0.1) is 0 Å². The molecule has 1 aliphatic rings. The Kier molecular flexibility index (Phi) is 3.48. The van der Waals surface area contributed by atoms with Gasteiger partial charge in [-0.2, -0.15) is 4.99 Å². The van der Waals surface area contributed by atoms with Crippen molar-refractivity contribution in [1.29, 1.82) is 0 Å². The van der Waals surface area contributed by atoms with Crippen LogP contribution in [0.25, 0.3) is 0 Å². The molecule has 0 bridgehead atoms. The van der Waals surface area contributed by atoms with E-state index in [-0.39, 0.29) is 5.97 Å². The lowest BCUT2D eigenvalue weighted by atomic mass is 9.97. The van der Waals surface area contributed by atoms with Crippen LogP contribution in [0.5, 0.6) is 0 Å². The fourth-order valence-electron chi connectivity index (χ4n) is 1.74. The number of para-hydroxylation sites is 2. The molecule has 1 unspecified atom stereocenters. The quantitative estimate of drug-likeness (QED) is 0.822. The summed E-state index contributed by atoms with van der Waals surface area (Å²) in [5, 5.41) is 0. The van der Waals surface area contributed by atoms with E-state index in [1.165, 1.54) is 0 Å². The minimum Gasteiger partial charge on any atom is -0.459 e. The van der Waals surface area contributed by atoms with Crippen molar-refractivity contribution in [3.8, 4) is 0 Å². The number of aliphatic imine (C=N–C) groups is 1. The van der Waals surface area contributed by atoms with E-state index in [0.717, 1.165) is 16.3 Å². The lowest BCUT2D eigenvalue weighted by molar-refractivity contribution is -0.720. The summed E-state index contributed by atoms with van der Waals surface area (Å²) >= 11 is 0. The van der Waals surface area contributed by atoms with Crippen LogP contribution < -0.4 is 4.90 Å². The van der Waals surface area contributed by atoms with Crippen molar-refractivity contribution in [3.63, 3.8) is 0 Å². The molecule has 4 heteroatoms. The summed E-state index contributed by atoms with van der Waals surface area (Å²) in [4.78, 5) is 17.1. The Labute approximate surface area is 107 Å². The van der Waals surface area contributed by atoms with E-state index in [2.05, 4.69) is 4.99 Å². The zero-order chi connectivity index (χ0) is 13.2. The number of hydrogen-bond donors (Lipinski definition) is 1. The predicted molar refractivity (Wildman–Crippen MR) is 70.5 cm³/mol. The molecule has 96 valence electrons. The number of esters is 1. The van der Waals surface area contributed by atoms with Gasteiger partial charge in [0.2, 0.25) is 0 Å². The van der Waals surface area contributed by atoms with Gasteiger partial charge >= 0.3 is 5.97 Å². The van der Waals surface area contributed by atoms with Gasteiger partial charge in [0.05, 0.1) is 5.41 Å². The molecule has 1 aromatic rings. The smallest absolute Gasteiger partial charge is 0.311 e. The third-order valence-corrected chi connectivity index (χ3v) is 2.83. The number of rotatable bonds is 3. The highest BCUT2D eigenvalue weighted by molar-refractivity contribution is 5.75. The maximum atomic E-state index is 11.6. The number of hydrogen-bond acceptors (Lipinski definition) is 3. The molecule has 0 radical (unpaired) electrons. The molecule has 0 aliphatic carbocycles. The zero-order valence-electron chi connectivity index (χ0n) is 11.1. The third-order valence-electron chi connectivity index (χ3n) is 2.83. The fraction of sp³-hybridized carbons (Fsp3) is 0.429. The number of quaternary nitrogens is 1. The van der Waals surface area contributed by atoms with Gasteiger partial charge < -0.3 is 4.74 Å². The second kappa shape index (κ2) is 4.90. The first-order valence-electron chi connectivity index (χ1n) is 6.15. The molecule has 1 aromatic carbocycles. The Balaban J connectivity index is 1.87. The number of benzene rings is 1. The predicted octanol–water partition coefficient (Wildman–Crippen LogP) is 1.47. The fourth-order valence-corrected chi connectivity index (χ4v) is 1.74. The van der Waals surface area contributed by atoms with Crippen LogP contribution in [0.4, 0.5) is 11.4 Å². The van der Waals surface area contributed by atoms with Crippen LogP contribution in [0.15, 0.2) is 29.3 Å². The Morgan fingerprint density at radius 2 is 2.06 bits per heavy atom.